The van der Waals surface area contributed by atoms with Crippen LogP contribution in [0, 0.1) is 0 Å². The molecule has 94 valence electrons. The van der Waals surface area contributed by atoms with E-state index in [-0.39, 0.29) is 0 Å². The van der Waals surface area contributed by atoms with E-state index in [0.717, 1.165) is 15.9 Å². The molecule has 1 unspecified atom stereocenters. The van der Waals surface area contributed by atoms with Crippen molar-refractivity contribution in [1.82, 2.24) is 0 Å². The molecule has 3 heteroatoms. The van der Waals surface area contributed by atoms with Crippen LogP contribution in [0.15, 0.2) is 53.0 Å². The molecule has 0 nitrogen and oxygen atoms in total. The van der Waals surface area contributed by atoms with Crippen molar-refractivity contribution in [3.05, 3.63) is 69.2 Å². The topological polar surface area (TPSA) is 0 Å². The number of rotatable bonds is 4. The van der Waals surface area contributed by atoms with Gasteiger partial charge in [0.05, 0.1) is 0 Å². The molecule has 0 heterocycles. The summed E-state index contributed by atoms with van der Waals surface area (Å²) in [5, 5.41) is 0.773. The molecule has 0 aliphatic rings. The van der Waals surface area contributed by atoms with Gasteiger partial charge in [0.1, 0.15) is 0 Å². The molecule has 0 N–H and O–H groups in total. The maximum Gasteiger partial charge on any atom is 0.0408 e. The number of halogens is 3. The van der Waals surface area contributed by atoms with Crippen LogP contribution in [-0.4, -0.2) is 5.88 Å². The van der Waals surface area contributed by atoms with Crippen LogP contribution in [0.25, 0.3) is 0 Å². The Morgan fingerprint density at radius 2 is 1.83 bits per heavy atom. The average Bonchev–Trinajstić information content (AvgIpc) is 2.36. The summed E-state index contributed by atoms with van der Waals surface area (Å²) in [5.74, 6) is 0.908. The zero-order chi connectivity index (χ0) is 13.0. The van der Waals surface area contributed by atoms with Crippen molar-refractivity contribution < 1.29 is 0 Å². The smallest absolute Gasteiger partial charge is 0.0408 e. The Hall–Kier alpha value is -0.500. The minimum Gasteiger partial charge on any atom is -0.126 e. The first-order chi connectivity index (χ1) is 8.69. The molecule has 18 heavy (non-hydrogen) atoms. The van der Waals surface area contributed by atoms with Crippen LogP contribution in [0.1, 0.15) is 17.0 Å². The van der Waals surface area contributed by atoms with Crippen molar-refractivity contribution in [2.24, 2.45) is 0 Å². The van der Waals surface area contributed by atoms with E-state index in [2.05, 4.69) is 34.1 Å². The Bertz CT molecular complexity index is 525. The van der Waals surface area contributed by atoms with Crippen LogP contribution >= 0.6 is 39.1 Å². The lowest BCUT2D eigenvalue weighted by atomic mass is 9.94. The van der Waals surface area contributed by atoms with E-state index < -0.39 is 0 Å². The van der Waals surface area contributed by atoms with E-state index in [1.54, 1.807) is 0 Å². The quantitative estimate of drug-likeness (QED) is 0.627. The second-order valence-electron chi connectivity index (χ2n) is 4.24. The van der Waals surface area contributed by atoms with Gasteiger partial charge in [-0.25, -0.2) is 0 Å². The fourth-order valence-corrected chi connectivity index (χ4v) is 2.89. The van der Waals surface area contributed by atoms with Gasteiger partial charge in [0.25, 0.3) is 0 Å². The maximum atomic E-state index is 6.10. The maximum absolute atomic E-state index is 6.10. The average molecular weight is 344 g/mol. The Balaban J connectivity index is 2.19. The monoisotopic (exact) mass is 342 g/mol. The first-order valence-electron chi connectivity index (χ1n) is 5.75. The van der Waals surface area contributed by atoms with Crippen molar-refractivity contribution in [1.29, 1.82) is 0 Å². The van der Waals surface area contributed by atoms with E-state index in [4.69, 9.17) is 23.2 Å². The minimum absolute atomic E-state index is 0.308. The molecular weight excluding hydrogens is 331 g/mol. The van der Waals surface area contributed by atoms with Crippen LogP contribution in [0.3, 0.4) is 0 Å². The van der Waals surface area contributed by atoms with Crippen LogP contribution in [-0.2, 0) is 6.42 Å². The third kappa shape index (κ3) is 3.74. The lowest BCUT2D eigenvalue weighted by molar-refractivity contribution is 0.766. The molecule has 0 saturated heterocycles. The molecule has 0 aliphatic heterocycles. The summed E-state index contributed by atoms with van der Waals surface area (Å²) in [6, 6.07) is 16.2. The molecule has 0 bridgehead atoms. The van der Waals surface area contributed by atoms with Crippen molar-refractivity contribution in [3.8, 4) is 0 Å². The molecule has 2 aromatic rings. The van der Waals surface area contributed by atoms with Gasteiger partial charge in [-0.1, -0.05) is 51.8 Å². The standard InChI is InChI=1S/C15H13BrCl2/c16-14-5-2-4-12(9-14)13(10-17)7-11-3-1-6-15(18)8-11/h1-6,8-9,13H,7,10H2. The summed E-state index contributed by atoms with van der Waals surface area (Å²) >= 11 is 15.6. The summed E-state index contributed by atoms with van der Waals surface area (Å²) < 4.78 is 1.08. The first-order valence-corrected chi connectivity index (χ1v) is 7.45. The highest BCUT2D eigenvalue weighted by molar-refractivity contribution is 9.10. The van der Waals surface area contributed by atoms with Gasteiger partial charge in [0, 0.05) is 21.3 Å². The van der Waals surface area contributed by atoms with E-state index in [0.29, 0.717) is 11.8 Å². The van der Waals surface area contributed by atoms with E-state index in [1.807, 2.05) is 30.3 Å². The third-order valence-electron chi connectivity index (χ3n) is 2.88. The molecule has 0 amide bonds. The Morgan fingerprint density at radius 1 is 1.06 bits per heavy atom. The number of hydrogen-bond acceptors (Lipinski definition) is 0. The van der Waals surface area contributed by atoms with Crippen LogP contribution < -0.4 is 0 Å². The number of alkyl halides is 1. The lowest BCUT2D eigenvalue weighted by Crippen LogP contribution is -2.04. The predicted octanol–water partition coefficient (Wildman–Crippen LogP) is 5.67. The molecule has 0 radical (unpaired) electrons. The molecule has 2 aromatic carbocycles. The van der Waals surface area contributed by atoms with Crippen molar-refractivity contribution >= 4 is 39.1 Å². The molecule has 0 aliphatic carbocycles. The molecule has 1 atom stereocenters. The lowest BCUT2D eigenvalue weighted by Gasteiger charge is -2.15. The molecule has 0 aromatic heterocycles. The first kappa shape index (κ1) is 13.9. The van der Waals surface area contributed by atoms with Crippen molar-refractivity contribution in [2.75, 3.05) is 5.88 Å². The zero-order valence-electron chi connectivity index (χ0n) is 9.74. The van der Waals surface area contributed by atoms with E-state index in [9.17, 15) is 0 Å². The van der Waals surface area contributed by atoms with Gasteiger partial charge in [-0.05, 0) is 41.8 Å². The second kappa shape index (κ2) is 6.60. The molecule has 0 fully saturated rings. The summed E-state index contributed by atoms with van der Waals surface area (Å²) in [4.78, 5) is 0. The van der Waals surface area contributed by atoms with Gasteiger partial charge in [0.2, 0.25) is 0 Å². The van der Waals surface area contributed by atoms with Gasteiger partial charge in [0.15, 0.2) is 0 Å². The molecule has 0 spiro atoms. The van der Waals surface area contributed by atoms with Crippen LogP contribution in [0.5, 0.6) is 0 Å². The summed E-state index contributed by atoms with van der Waals surface area (Å²) in [6.45, 7) is 0. The molecule has 2 rings (SSSR count). The molecule has 0 saturated carbocycles. The number of benzene rings is 2. The van der Waals surface area contributed by atoms with Crippen molar-refractivity contribution in [2.45, 2.75) is 12.3 Å². The largest absolute Gasteiger partial charge is 0.126 e. The highest BCUT2D eigenvalue weighted by Gasteiger charge is 2.11. The van der Waals surface area contributed by atoms with Gasteiger partial charge in [-0.2, -0.15) is 0 Å². The van der Waals surface area contributed by atoms with Crippen molar-refractivity contribution in [3.63, 3.8) is 0 Å². The fraction of sp³-hybridized carbons (Fsp3) is 0.200. The van der Waals surface area contributed by atoms with Gasteiger partial charge in [-0.3, -0.25) is 0 Å². The summed E-state index contributed by atoms with van der Waals surface area (Å²) in [7, 11) is 0. The SMILES string of the molecule is ClCC(Cc1cccc(Cl)c1)c1cccc(Br)c1. The summed E-state index contributed by atoms with van der Waals surface area (Å²) in [6.07, 6.45) is 0.903. The Labute approximate surface area is 126 Å². The predicted molar refractivity (Wildman–Crippen MR) is 82.8 cm³/mol. The second-order valence-corrected chi connectivity index (χ2v) is 5.90. The normalized spacial score (nSPS) is 12.4. The fourth-order valence-electron chi connectivity index (χ4n) is 1.97. The molecular formula is C15H13BrCl2. The zero-order valence-corrected chi connectivity index (χ0v) is 12.8. The highest BCUT2D eigenvalue weighted by Crippen LogP contribution is 2.25. The van der Waals surface area contributed by atoms with Gasteiger partial charge >= 0.3 is 0 Å². The van der Waals surface area contributed by atoms with Crippen LogP contribution in [0.4, 0.5) is 0 Å². The minimum atomic E-state index is 0.308. The Kier molecular flexibility index (Phi) is 5.11. The van der Waals surface area contributed by atoms with Gasteiger partial charge < -0.3 is 0 Å². The van der Waals surface area contributed by atoms with Crippen LogP contribution in [0.2, 0.25) is 5.02 Å². The third-order valence-corrected chi connectivity index (χ3v) is 3.98. The van der Waals surface area contributed by atoms with Gasteiger partial charge in [-0.15, -0.1) is 11.6 Å². The van der Waals surface area contributed by atoms with E-state index in [1.165, 1.54) is 11.1 Å². The Morgan fingerprint density at radius 3 is 2.50 bits per heavy atom. The summed E-state index contributed by atoms with van der Waals surface area (Å²) in [5.41, 5.74) is 2.47. The number of hydrogen-bond donors (Lipinski definition) is 0. The highest BCUT2D eigenvalue weighted by atomic mass is 79.9. The van der Waals surface area contributed by atoms with E-state index >= 15 is 0 Å².